The minimum absolute atomic E-state index is 0.193. The Morgan fingerprint density at radius 1 is 0.958 bits per heavy atom. The second kappa shape index (κ2) is 8.45. The molecule has 0 amide bonds. The van der Waals surface area contributed by atoms with Crippen LogP contribution in [0.4, 0.5) is 0 Å². The molecule has 2 rings (SSSR count). The summed E-state index contributed by atoms with van der Waals surface area (Å²) in [5.74, 6) is -0.634. The average molecular weight is 342 g/mol. The number of ketones is 1. The molecule has 0 saturated heterocycles. The fourth-order valence-electron chi connectivity index (χ4n) is 2.15. The van der Waals surface area contributed by atoms with E-state index in [-0.39, 0.29) is 22.8 Å². The summed E-state index contributed by atoms with van der Waals surface area (Å²) in [6.45, 7) is 1.70. The number of thioether (sulfide) groups is 1. The van der Waals surface area contributed by atoms with E-state index in [0.29, 0.717) is 22.4 Å². The summed E-state index contributed by atoms with van der Waals surface area (Å²) in [7, 11) is 1.32. The van der Waals surface area contributed by atoms with E-state index >= 15 is 0 Å². The van der Waals surface area contributed by atoms with Gasteiger partial charge in [-0.15, -0.1) is 0 Å². The zero-order chi connectivity index (χ0) is 17.5. The molecule has 0 aromatic heterocycles. The van der Waals surface area contributed by atoms with Crippen LogP contribution in [0.1, 0.15) is 33.2 Å². The molecule has 5 heteroatoms. The normalized spacial score (nSPS) is 11.6. The lowest BCUT2D eigenvalue weighted by atomic mass is 9.99. The van der Waals surface area contributed by atoms with Gasteiger partial charge in [0.1, 0.15) is 0 Å². The van der Waals surface area contributed by atoms with Gasteiger partial charge in [-0.2, -0.15) is 0 Å². The Hall–Kier alpha value is -2.40. The van der Waals surface area contributed by atoms with Crippen LogP contribution in [0, 0.1) is 5.92 Å². The molecule has 0 spiro atoms. The van der Waals surface area contributed by atoms with Gasteiger partial charge < -0.3 is 4.74 Å². The summed E-state index contributed by atoms with van der Waals surface area (Å²) in [5, 5.41) is -0.231. The van der Waals surface area contributed by atoms with Gasteiger partial charge in [0.15, 0.2) is 5.78 Å². The van der Waals surface area contributed by atoms with Crippen molar-refractivity contribution in [2.75, 3.05) is 12.9 Å². The van der Waals surface area contributed by atoms with Crippen molar-refractivity contribution >= 4 is 28.6 Å². The zero-order valence-electron chi connectivity index (χ0n) is 13.5. The summed E-state index contributed by atoms with van der Waals surface area (Å²) >= 11 is 1.02. The fraction of sp³-hybridized carbons (Fsp3) is 0.211. The first kappa shape index (κ1) is 17.9. The largest absolute Gasteiger partial charge is 0.469 e. The van der Waals surface area contributed by atoms with Crippen molar-refractivity contribution in [1.29, 1.82) is 0 Å². The minimum atomic E-state index is -0.388. The van der Waals surface area contributed by atoms with E-state index < -0.39 is 0 Å². The van der Waals surface area contributed by atoms with Gasteiger partial charge in [-0.1, -0.05) is 67.2 Å². The topological polar surface area (TPSA) is 60.4 Å². The Balaban J connectivity index is 2.18. The predicted octanol–water partition coefficient (Wildman–Crippen LogP) is 3.60. The molecule has 0 aliphatic rings. The second-order valence-corrected chi connectivity index (χ2v) is 6.26. The molecule has 24 heavy (non-hydrogen) atoms. The van der Waals surface area contributed by atoms with Gasteiger partial charge in [-0.05, 0) is 6.07 Å². The van der Waals surface area contributed by atoms with Crippen LogP contribution >= 0.6 is 11.8 Å². The van der Waals surface area contributed by atoms with E-state index in [1.54, 1.807) is 55.5 Å². The number of methoxy groups -OCH3 is 1. The Morgan fingerprint density at radius 2 is 1.54 bits per heavy atom. The van der Waals surface area contributed by atoms with Gasteiger partial charge in [0.25, 0.3) is 0 Å². The molecular weight excluding hydrogens is 324 g/mol. The molecular formula is C19H18O4S. The van der Waals surface area contributed by atoms with Crippen LogP contribution in [-0.2, 0) is 9.53 Å². The number of rotatable bonds is 6. The van der Waals surface area contributed by atoms with Gasteiger partial charge in [0.2, 0.25) is 5.12 Å². The van der Waals surface area contributed by atoms with Crippen molar-refractivity contribution in [2.45, 2.75) is 6.92 Å². The third kappa shape index (κ3) is 4.32. The van der Waals surface area contributed by atoms with E-state index in [4.69, 9.17) is 0 Å². The van der Waals surface area contributed by atoms with Crippen molar-refractivity contribution in [3.63, 3.8) is 0 Å². The van der Waals surface area contributed by atoms with E-state index in [9.17, 15) is 14.4 Å². The Kier molecular flexibility index (Phi) is 6.32. The Labute approximate surface area is 145 Å². The molecule has 124 valence electrons. The highest BCUT2D eigenvalue weighted by Crippen LogP contribution is 2.21. The highest BCUT2D eigenvalue weighted by molar-refractivity contribution is 8.14. The van der Waals surface area contributed by atoms with Crippen LogP contribution in [0.5, 0.6) is 0 Å². The average Bonchev–Trinajstić information content (AvgIpc) is 2.65. The molecule has 4 nitrogen and oxygen atoms in total. The standard InChI is InChI=1S/C19H18O4S/c1-13(18(21)23-2)12-24-19(22)16-11-7-6-10-15(16)17(20)14-8-4-3-5-9-14/h3-11,13H,12H2,1-2H3. The number of hydrogen-bond acceptors (Lipinski definition) is 5. The van der Waals surface area contributed by atoms with E-state index in [0.717, 1.165) is 11.8 Å². The lowest BCUT2D eigenvalue weighted by molar-refractivity contribution is -0.143. The molecule has 0 aliphatic carbocycles. The van der Waals surface area contributed by atoms with Crippen LogP contribution in [-0.4, -0.2) is 29.7 Å². The summed E-state index contributed by atoms with van der Waals surface area (Å²) in [6.07, 6.45) is 0. The van der Waals surface area contributed by atoms with Crippen LogP contribution in [0.3, 0.4) is 0 Å². The number of carbonyl (C=O) groups excluding carboxylic acids is 3. The predicted molar refractivity (Wildman–Crippen MR) is 94.3 cm³/mol. The van der Waals surface area contributed by atoms with Crippen molar-refractivity contribution in [3.8, 4) is 0 Å². The van der Waals surface area contributed by atoms with Crippen molar-refractivity contribution in [2.24, 2.45) is 5.92 Å². The maximum atomic E-state index is 12.6. The van der Waals surface area contributed by atoms with Gasteiger partial charge >= 0.3 is 5.97 Å². The van der Waals surface area contributed by atoms with Crippen molar-refractivity contribution in [1.82, 2.24) is 0 Å². The zero-order valence-corrected chi connectivity index (χ0v) is 14.3. The quantitative estimate of drug-likeness (QED) is 0.593. The smallest absolute Gasteiger partial charge is 0.309 e. The van der Waals surface area contributed by atoms with Crippen molar-refractivity contribution in [3.05, 3.63) is 71.3 Å². The van der Waals surface area contributed by atoms with Gasteiger partial charge in [0, 0.05) is 22.4 Å². The minimum Gasteiger partial charge on any atom is -0.469 e. The monoisotopic (exact) mass is 342 g/mol. The SMILES string of the molecule is COC(=O)C(C)CSC(=O)c1ccccc1C(=O)c1ccccc1. The first-order valence-corrected chi connectivity index (χ1v) is 8.47. The van der Waals surface area contributed by atoms with Crippen LogP contribution in [0.15, 0.2) is 54.6 Å². The number of ether oxygens (including phenoxy) is 1. The number of carbonyl (C=O) groups is 3. The molecule has 0 heterocycles. The Morgan fingerprint density at radius 3 is 2.17 bits per heavy atom. The van der Waals surface area contributed by atoms with E-state index in [1.165, 1.54) is 7.11 Å². The molecule has 0 aliphatic heterocycles. The van der Waals surface area contributed by atoms with Crippen LogP contribution in [0.25, 0.3) is 0 Å². The number of esters is 1. The molecule has 1 unspecified atom stereocenters. The summed E-state index contributed by atoms with van der Waals surface area (Å²) < 4.78 is 4.65. The first-order chi connectivity index (χ1) is 11.5. The lowest BCUT2D eigenvalue weighted by Crippen LogP contribution is -2.16. The fourth-order valence-corrected chi connectivity index (χ4v) is 3.02. The molecule has 0 radical (unpaired) electrons. The molecule has 2 aromatic rings. The molecule has 0 bridgehead atoms. The molecule has 2 aromatic carbocycles. The highest BCUT2D eigenvalue weighted by atomic mass is 32.2. The maximum Gasteiger partial charge on any atom is 0.309 e. The third-order valence-electron chi connectivity index (χ3n) is 3.50. The number of benzene rings is 2. The third-order valence-corrected chi connectivity index (χ3v) is 4.64. The van der Waals surface area contributed by atoms with E-state index in [1.807, 2.05) is 6.07 Å². The maximum absolute atomic E-state index is 12.6. The highest BCUT2D eigenvalue weighted by Gasteiger charge is 2.20. The summed E-state index contributed by atoms with van der Waals surface area (Å²) in [5.41, 5.74) is 1.26. The van der Waals surface area contributed by atoms with Gasteiger partial charge in [-0.25, -0.2) is 0 Å². The lowest BCUT2D eigenvalue weighted by Gasteiger charge is -2.10. The Bertz CT molecular complexity index is 740. The van der Waals surface area contributed by atoms with Crippen molar-refractivity contribution < 1.29 is 19.1 Å². The van der Waals surface area contributed by atoms with Crippen LogP contribution < -0.4 is 0 Å². The first-order valence-electron chi connectivity index (χ1n) is 7.48. The van der Waals surface area contributed by atoms with E-state index in [2.05, 4.69) is 4.74 Å². The number of hydrogen-bond donors (Lipinski definition) is 0. The van der Waals surface area contributed by atoms with Gasteiger partial charge in [-0.3, -0.25) is 14.4 Å². The summed E-state index contributed by atoms with van der Waals surface area (Å²) in [6, 6.07) is 15.6. The van der Waals surface area contributed by atoms with Gasteiger partial charge in [0.05, 0.1) is 13.0 Å². The summed E-state index contributed by atoms with van der Waals surface area (Å²) in [4.78, 5) is 36.5. The second-order valence-electron chi connectivity index (χ2n) is 5.26. The molecule has 1 atom stereocenters. The van der Waals surface area contributed by atoms with Crippen LogP contribution in [0.2, 0.25) is 0 Å². The molecule has 0 saturated carbocycles. The molecule has 0 fully saturated rings. The molecule has 0 N–H and O–H groups in total.